The van der Waals surface area contributed by atoms with Crippen molar-refractivity contribution in [3.63, 3.8) is 0 Å². The number of nitriles is 1. The Bertz CT molecular complexity index is 535. The number of phenols is 2. The van der Waals surface area contributed by atoms with E-state index in [0.29, 0.717) is 18.4 Å². The third-order valence-electron chi connectivity index (χ3n) is 2.72. The lowest BCUT2D eigenvalue weighted by Gasteiger charge is -2.11. The Morgan fingerprint density at radius 3 is 2.50 bits per heavy atom. The van der Waals surface area contributed by atoms with E-state index in [1.807, 2.05) is 0 Å². The average Bonchev–Trinajstić information content (AvgIpc) is 2.99. The number of phenolic OH excluding ortho intramolecular Hbond substituents is 2. The molecule has 2 N–H and O–H groups in total. The van der Waals surface area contributed by atoms with Crippen molar-refractivity contribution < 1.29 is 15.0 Å². The van der Waals surface area contributed by atoms with Gasteiger partial charge in [-0.1, -0.05) is 0 Å². The highest BCUT2D eigenvalue weighted by molar-refractivity contribution is 5.55. The van der Waals surface area contributed by atoms with Crippen molar-refractivity contribution in [2.75, 3.05) is 0 Å². The Kier molecular flexibility index (Phi) is 2.15. The quantitative estimate of drug-likeness (QED) is 0.575. The van der Waals surface area contributed by atoms with E-state index < -0.39 is 5.54 Å². The molecule has 2 rings (SSSR count). The van der Waals surface area contributed by atoms with Gasteiger partial charge in [0.1, 0.15) is 23.1 Å². The second kappa shape index (κ2) is 3.37. The van der Waals surface area contributed by atoms with Crippen LogP contribution in [-0.4, -0.2) is 16.3 Å². The number of hydrogen-bond acceptors (Lipinski definition) is 5. The second-order valence-electron chi connectivity index (χ2n) is 3.73. The van der Waals surface area contributed by atoms with E-state index in [4.69, 9.17) is 5.26 Å². The normalized spacial score (nSPS) is 15.9. The molecule has 16 heavy (non-hydrogen) atoms. The molecule has 1 aromatic rings. The van der Waals surface area contributed by atoms with Gasteiger partial charge in [0.05, 0.1) is 5.56 Å². The first-order chi connectivity index (χ1) is 7.63. The molecule has 0 amide bonds. The smallest absolute Gasteiger partial charge is 0.235 e. The minimum atomic E-state index is -0.745. The average molecular weight is 216 g/mol. The summed E-state index contributed by atoms with van der Waals surface area (Å²) < 4.78 is 0. The highest BCUT2D eigenvalue weighted by atomic mass is 16.3. The van der Waals surface area contributed by atoms with Gasteiger partial charge in [0, 0.05) is 11.6 Å². The van der Waals surface area contributed by atoms with Crippen LogP contribution in [0.15, 0.2) is 17.1 Å². The minimum Gasteiger partial charge on any atom is -0.507 e. The van der Waals surface area contributed by atoms with Crippen LogP contribution in [0.25, 0.3) is 0 Å². The fourth-order valence-corrected chi connectivity index (χ4v) is 1.69. The molecule has 0 spiro atoms. The van der Waals surface area contributed by atoms with Crippen LogP contribution in [0.2, 0.25) is 0 Å². The van der Waals surface area contributed by atoms with Crippen LogP contribution in [0, 0.1) is 11.3 Å². The van der Waals surface area contributed by atoms with Crippen LogP contribution in [0.3, 0.4) is 0 Å². The Morgan fingerprint density at radius 2 is 2.00 bits per heavy atom. The summed E-state index contributed by atoms with van der Waals surface area (Å²) >= 11 is 0. The Labute approximate surface area is 91.3 Å². The van der Waals surface area contributed by atoms with Gasteiger partial charge in [0.2, 0.25) is 6.08 Å². The number of rotatable bonds is 2. The number of hydrogen-bond donors (Lipinski definition) is 2. The molecule has 0 heterocycles. The molecule has 0 radical (unpaired) electrons. The number of benzene rings is 1. The predicted molar refractivity (Wildman–Crippen MR) is 53.5 cm³/mol. The van der Waals surface area contributed by atoms with Gasteiger partial charge >= 0.3 is 0 Å². The summed E-state index contributed by atoms with van der Waals surface area (Å²) in [6.07, 6.45) is 2.73. The largest absolute Gasteiger partial charge is 0.507 e. The summed E-state index contributed by atoms with van der Waals surface area (Å²) in [6.45, 7) is 0. The molecule has 0 bridgehead atoms. The van der Waals surface area contributed by atoms with Crippen LogP contribution in [0.5, 0.6) is 11.5 Å². The molecular weight excluding hydrogens is 208 g/mol. The summed E-state index contributed by atoms with van der Waals surface area (Å²) in [5.74, 6) is -0.442. The zero-order chi connectivity index (χ0) is 11.8. The van der Waals surface area contributed by atoms with Gasteiger partial charge in [0.15, 0.2) is 0 Å². The van der Waals surface area contributed by atoms with Gasteiger partial charge < -0.3 is 10.2 Å². The Morgan fingerprint density at radius 1 is 1.31 bits per heavy atom. The number of aromatic hydroxyl groups is 2. The summed E-state index contributed by atoms with van der Waals surface area (Å²) in [5.41, 5.74) is -0.295. The van der Waals surface area contributed by atoms with Gasteiger partial charge in [-0.3, -0.25) is 0 Å². The summed E-state index contributed by atoms with van der Waals surface area (Å²) in [6, 6.07) is 4.25. The zero-order valence-corrected chi connectivity index (χ0v) is 8.27. The third kappa shape index (κ3) is 1.42. The van der Waals surface area contributed by atoms with E-state index in [-0.39, 0.29) is 17.1 Å². The molecule has 0 saturated heterocycles. The van der Waals surface area contributed by atoms with Crippen molar-refractivity contribution in [2.45, 2.75) is 18.4 Å². The van der Waals surface area contributed by atoms with Crippen LogP contribution >= 0.6 is 0 Å². The number of nitrogens with zero attached hydrogens (tertiary/aromatic N) is 2. The predicted octanol–water partition coefficient (Wildman–Crippen LogP) is 1.29. The maximum Gasteiger partial charge on any atom is 0.235 e. The monoisotopic (exact) mass is 216 g/mol. The van der Waals surface area contributed by atoms with E-state index in [9.17, 15) is 15.0 Å². The molecule has 0 atom stereocenters. The van der Waals surface area contributed by atoms with Gasteiger partial charge in [-0.25, -0.2) is 4.79 Å². The van der Waals surface area contributed by atoms with Gasteiger partial charge in [-0.05, 0) is 18.9 Å². The fraction of sp³-hybridized carbons (Fsp3) is 0.273. The number of aliphatic imine (C=N–C) groups is 1. The molecule has 1 saturated carbocycles. The molecule has 1 aliphatic rings. The molecule has 5 nitrogen and oxygen atoms in total. The van der Waals surface area contributed by atoms with E-state index in [1.165, 1.54) is 12.1 Å². The number of isocyanates is 1. The van der Waals surface area contributed by atoms with Crippen LogP contribution in [0.4, 0.5) is 0 Å². The number of carbonyl (C=O) groups excluding carboxylic acids is 1. The molecule has 1 aromatic carbocycles. The highest BCUT2D eigenvalue weighted by Crippen LogP contribution is 2.52. The molecule has 0 unspecified atom stereocenters. The van der Waals surface area contributed by atoms with Crippen LogP contribution < -0.4 is 0 Å². The van der Waals surface area contributed by atoms with Crippen LogP contribution in [0.1, 0.15) is 24.0 Å². The van der Waals surface area contributed by atoms with Gasteiger partial charge in [-0.2, -0.15) is 10.3 Å². The first-order valence-electron chi connectivity index (χ1n) is 4.68. The van der Waals surface area contributed by atoms with Gasteiger partial charge in [0.25, 0.3) is 0 Å². The van der Waals surface area contributed by atoms with Gasteiger partial charge in [-0.15, -0.1) is 0 Å². The lowest BCUT2D eigenvalue weighted by atomic mass is 10.0. The zero-order valence-electron chi connectivity index (χ0n) is 8.27. The maximum atomic E-state index is 10.3. The lowest BCUT2D eigenvalue weighted by molar-refractivity contribution is 0.439. The van der Waals surface area contributed by atoms with E-state index >= 15 is 0 Å². The lowest BCUT2D eigenvalue weighted by Crippen LogP contribution is -2.03. The van der Waals surface area contributed by atoms with E-state index in [2.05, 4.69) is 4.99 Å². The first kappa shape index (κ1) is 10.2. The van der Waals surface area contributed by atoms with E-state index in [0.717, 1.165) is 6.07 Å². The van der Waals surface area contributed by atoms with Crippen molar-refractivity contribution in [1.29, 1.82) is 5.26 Å². The molecule has 1 fully saturated rings. The fourth-order valence-electron chi connectivity index (χ4n) is 1.69. The maximum absolute atomic E-state index is 10.3. The summed E-state index contributed by atoms with van der Waals surface area (Å²) in [7, 11) is 0. The summed E-state index contributed by atoms with van der Waals surface area (Å²) in [4.78, 5) is 13.9. The Hall–Kier alpha value is -2.31. The molecule has 1 aliphatic carbocycles. The van der Waals surface area contributed by atoms with Crippen molar-refractivity contribution in [1.82, 2.24) is 0 Å². The molecule has 0 aromatic heterocycles. The molecular formula is C11H8N2O3. The molecule has 80 valence electrons. The minimum absolute atomic E-state index is 0.0557. The summed E-state index contributed by atoms with van der Waals surface area (Å²) in [5, 5.41) is 27.7. The van der Waals surface area contributed by atoms with Crippen molar-refractivity contribution in [3.8, 4) is 17.6 Å². The van der Waals surface area contributed by atoms with Crippen molar-refractivity contribution >= 4 is 6.08 Å². The van der Waals surface area contributed by atoms with Crippen molar-refractivity contribution in [2.24, 2.45) is 4.99 Å². The second-order valence-corrected chi connectivity index (χ2v) is 3.73. The Balaban J connectivity index is 2.58. The van der Waals surface area contributed by atoms with E-state index in [1.54, 1.807) is 6.07 Å². The standard InChI is InChI=1S/C11H8N2O3/c12-5-7-3-8(10(16)4-9(7)15)11(1-2-11)13-6-14/h3-4,15-16H,1-2H2. The molecule has 5 heteroatoms. The SMILES string of the molecule is N#Cc1cc(C2(N=C=O)CC2)c(O)cc1O. The van der Waals surface area contributed by atoms with Crippen LogP contribution in [-0.2, 0) is 10.3 Å². The third-order valence-corrected chi connectivity index (χ3v) is 2.72. The first-order valence-corrected chi connectivity index (χ1v) is 4.68. The topological polar surface area (TPSA) is 93.7 Å². The van der Waals surface area contributed by atoms with Crippen molar-refractivity contribution in [3.05, 3.63) is 23.3 Å². The molecule has 0 aliphatic heterocycles. The highest BCUT2D eigenvalue weighted by Gasteiger charge is 2.47.